The first-order chi connectivity index (χ1) is 12.0. The number of fused-ring (bicyclic) bond motifs is 3. The van der Waals surface area contributed by atoms with Crippen LogP contribution in [0.1, 0.15) is 36.3 Å². The summed E-state index contributed by atoms with van der Waals surface area (Å²) in [5.41, 5.74) is 2.57. The second kappa shape index (κ2) is 6.54. The number of hydrogen-bond acceptors (Lipinski definition) is 3. The van der Waals surface area contributed by atoms with E-state index in [9.17, 15) is 9.18 Å². The average Bonchev–Trinajstić information content (AvgIpc) is 2.96. The van der Waals surface area contributed by atoms with E-state index in [4.69, 9.17) is 0 Å². The molecule has 1 aromatic carbocycles. The Kier molecular flexibility index (Phi) is 4.38. The monoisotopic (exact) mass is 343 g/mol. The van der Waals surface area contributed by atoms with Gasteiger partial charge in [-0.1, -0.05) is 0 Å². The fourth-order valence-electron chi connectivity index (χ4n) is 4.29. The standard InChI is InChI=1S/C20H26FN3O/c1-13(2)24-9-7-23(8-10-24)12-14-3-5-18-19(20(14)25)16-11-15(21)4-6-17(16)22-18/h4,6,11,13-14,22H,3,5,7-10,12H2,1-2H3. The van der Waals surface area contributed by atoms with Gasteiger partial charge in [-0.15, -0.1) is 0 Å². The van der Waals surface area contributed by atoms with Crippen LogP contribution in [0.4, 0.5) is 4.39 Å². The molecule has 0 bridgehead atoms. The SMILES string of the molecule is CC(C)N1CCN(CC2CCc3[nH]c4ccc(F)cc4c3C2=O)CC1. The Balaban J connectivity index is 1.50. The molecule has 0 radical (unpaired) electrons. The highest BCUT2D eigenvalue weighted by Crippen LogP contribution is 2.32. The van der Waals surface area contributed by atoms with Gasteiger partial charge in [-0.25, -0.2) is 4.39 Å². The molecular weight excluding hydrogens is 317 g/mol. The number of ketones is 1. The maximum absolute atomic E-state index is 13.6. The highest BCUT2D eigenvalue weighted by molar-refractivity contribution is 6.11. The molecule has 1 saturated heterocycles. The van der Waals surface area contributed by atoms with Gasteiger partial charge in [0.1, 0.15) is 5.82 Å². The Hall–Kier alpha value is -1.72. The lowest BCUT2D eigenvalue weighted by Crippen LogP contribution is -2.50. The number of piperazine rings is 1. The number of aromatic amines is 1. The predicted molar refractivity (Wildman–Crippen MR) is 97.5 cm³/mol. The molecule has 25 heavy (non-hydrogen) atoms. The number of nitrogens with zero attached hydrogens (tertiary/aromatic N) is 2. The van der Waals surface area contributed by atoms with E-state index in [1.165, 1.54) is 12.1 Å². The maximum Gasteiger partial charge on any atom is 0.169 e. The van der Waals surface area contributed by atoms with Crippen molar-refractivity contribution in [2.75, 3.05) is 32.7 Å². The van der Waals surface area contributed by atoms with Gasteiger partial charge < -0.3 is 9.88 Å². The van der Waals surface area contributed by atoms with Crippen molar-refractivity contribution in [1.82, 2.24) is 14.8 Å². The van der Waals surface area contributed by atoms with Crippen molar-refractivity contribution in [3.05, 3.63) is 35.3 Å². The third-order valence-electron chi connectivity index (χ3n) is 5.81. The molecule has 1 N–H and O–H groups in total. The highest BCUT2D eigenvalue weighted by atomic mass is 19.1. The number of carbonyl (C=O) groups excluding carboxylic acids is 1. The lowest BCUT2D eigenvalue weighted by molar-refractivity contribution is 0.0745. The molecular formula is C20H26FN3O. The molecule has 0 spiro atoms. The van der Waals surface area contributed by atoms with E-state index in [-0.39, 0.29) is 17.5 Å². The van der Waals surface area contributed by atoms with Crippen molar-refractivity contribution in [3.8, 4) is 0 Å². The minimum absolute atomic E-state index is 0.0281. The predicted octanol–water partition coefficient (Wildman–Crippen LogP) is 3.08. The van der Waals surface area contributed by atoms with E-state index in [2.05, 4.69) is 28.6 Å². The summed E-state index contributed by atoms with van der Waals surface area (Å²) in [5, 5.41) is 0.745. The number of hydrogen-bond donors (Lipinski definition) is 1. The molecule has 1 atom stereocenters. The quantitative estimate of drug-likeness (QED) is 0.931. The van der Waals surface area contributed by atoms with E-state index in [0.29, 0.717) is 6.04 Å². The number of carbonyl (C=O) groups is 1. The summed E-state index contributed by atoms with van der Waals surface area (Å²) >= 11 is 0. The molecule has 1 unspecified atom stereocenters. The van der Waals surface area contributed by atoms with E-state index in [1.807, 2.05) is 0 Å². The van der Waals surface area contributed by atoms with Crippen LogP contribution >= 0.6 is 0 Å². The van der Waals surface area contributed by atoms with Crippen molar-refractivity contribution in [1.29, 1.82) is 0 Å². The van der Waals surface area contributed by atoms with Gasteiger partial charge in [0.2, 0.25) is 0 Å². The molecule has 1 aliphatic heterocycles. The fraction of sp³-hybridized carbons (Fsp3) is 0.550. The molecule has 0 amide bonds. The Morgan fingerprint density at radius 2 is 2.00 bits per heavy atom. The first-order valence-electron chi connectivity index (χ1n) is 9.33. The van der Waals surface area contributed by atoms with Gasteiger partial charge in [-0.2, -0.15) is 0 Å². The zero-order valence-electron chi connectivity index (χ0n) is 15.0. The number of nitrogens with one attached hydrogen (secondary N) is 1. The lowest BCUT2D eigenvalue weighted by Gasteiger charge is -2.38. The first kappa shape index (κ1) is 16.7. The van der Waals surface area contributed by atoms with E-state index in [0.717, 1.165) is 67.7 Å². The van der Waals surface area contributed by atoms with Crippen LogP contribution in [0.5, 0.6) is 0 Å². The number of halogens is 1. The summed E-state index contributed by atoms with van der Waals surface area (Å²) in [4.78, 5) is 21.3. The number of rotatable bonds is 3. The number of aryl methyl sites for hydroxylation is 1. The molecule has 1 fully saturated rings. The largest absolute Gasteiger partial charge is 0.358 e. The van der Waals surface area contributed by atoms with Crippen LogP contribution in [-0.4, -0.2) is 59.3 Å². The Bertz CT molecular complexity index is 790. The van der Waals surface area contributed by atoms with Crippen molar-refractivity contribution in [2.24, 2.45) is 5.92 Å². The van der Waals surface area contributed by atoms with E-state index < -0.39 is 0 Å². The van der Waals surface area contributed by atoms with E-state index >= 15 is 0 Å². The summed E-state index contributed by atoms with van der Waals surface area (Å²) in [6, 6.07) is 5.26. The van der Waals surface area contributed by atoms with Crippen LogP contribution in [0, 0.1) is 11.7 Å². The molecule has 2 aliphatic rings. The molecule has 1 aromatic heterocycles. The number of aromatic nitrogens is 1. The third kappa shape index (κ3) is 3.11. The van der Waals surface area contributed by atoms with Crippen LogP contribution in [0.3, 0.4) is 0 Å². The molecule has 4 nitrogen and oxygen atoms in total. The van der Waals surface area contributed by atoms with Crippen LogP contribution in [0.2, 0.25) is 0 Å². The summed E-state index contributed by atoms with van der Waals surface area (Å²) in [7, 11) is 0. The van der Waals surface area contributed by atoms with Crippen LogP contribution in [0.15, 0.2) is 18.2 Å². The number of H-pyrrole nitrogens is 1. The van der Waals surface area contributed by atoms with Gasteiger partial charge in [-0.05, 0) is 44.9 Å². The molecule has 4 rings (SSSR count). The zero-order valence-corrected chi connectivity index (χ0v) is 15.0. The van der Waals surface area contributed by atoms with Crippen LogP contribution in [-0.2, 0) is 6.42 Å². The molecule has 0 saturated carbocycles. The summed E-state index contributed by atoms with van der Waals surface area (Å²) in [6.45, 7) is 9.49. The molecule has 5 heteroatoms. The van der Waals surface area contributed by atoms with Crippen LogP contribution < -0.4 is 0 Å². The number of Topliss-reactive ketones (excluding diaryl/α,β-unsaturated/α-hetero) is 1. The number of benzene rings is 1. The van der Waals surface area contributed by atoms with Gasteiger partial charge in [0.15, 0.2) is 5.78 Å². The van der Waals surface area contributed by atoms with Gasteiger partial charge in [0.05, 0.1) is 0 Å². The van der Waals surface area contributed by atoms with Crippen molar-refractivity contribution in [3.63, 3.8) is 0 Å². The smallest absolute Gasteiger partial charge is 0.169 e. The molecule has 2 heterocycles. The highest BCUT2D eigenvalue weighted by Gasteiger charge is 2.32. The van der Waals surface area contributed by atoms with E-state index in [1.54, 1.807) is 6.07 Å². The second-order valence-electron chi connectivity index (χ2n) is 7.70. The Morgan fingerprint density at radius 3 is 2.72 bits per heavy atom. The average molecular weight is 343 g/mol. The second-order valence-corrected chi connectivity index (χ2v) is 7.70. The minimum Gasteiger partial charge on any atom is -0.358 e. The van der Waals surface area contributed by atoms with Crippen LogP contribution in [0.25, 0.3) is 10.9 Å². The third-order valence-corrected chi connectivity index (χ3v) is 5.81. The fourth-order valence-corrected chi connectivity index (χ4v) is 4.29. The van der Waals surface area contributed by atoms with Gasteiger partial charge >= 0.3 is 0 Å². The Labute approximate surface area is 148 Å². The molecule has 1 aliphatic carbocycles. The normalized spacial score (nSPS) is 22.7. The first-order valence-corrected chi connectivity index (χ1v) is 9.33. The van der Waals surface area contributed by atoms with Gasteiger partial charge in [0, 0.05) is 66.8 Å². The zero-order chi connectivity index (χ0) is 17.6. The van der Waals surface area contributed by atoms with Gasteiger partial charge in [-0.3, -0.25) is 9.69 Å². The Morgan fingerprint density at radius 1 is 1.24 bits per heavy atom. The minimum atomic E-state index is -0.283. The summed E-state index contributed by atoms with van der Waals surface area (Å²) in [6.07, 6.45) is 1.75. The van der Waals surface area contributed by atoms with Gasteiger partial charge in [0.25, 0.3) is 0 Å². The molecule has 2 aromatic rings. The topological polar surface area (TPSA) is 39.3 Å². The maximum atomic E-state index is 13.6. The van der Waals surface area contributed by atoms with Crippen molar-refractivity contribution in [2.45, 2.75) is 32.7 Å². The van der Waals surface area contributed by atoms with Crippen molar-refractivity contribution < 1.29 is 9.18 Å². The lowest BCUT2D eigenvalue weighted by atomic mass is 9.84. The summed E-state index contributed by atoms with van der Waals surface area (Å²) in [5.74, 6) is -0.0706. The van der Waals surface area contributed by atoms with Crippen molar-refractivity contribution >= 4 is 16.7 Å². The summed E-state index contributed by atoms with van der Waals surface area (Å²) < 4.78 is 13.6. The molecule has 134 valence electrons.